The second kappa shape index (κ2) is 6.37. The van der Waals surface area contributed by atoms with E-state index in [0.29, 0.717) is 17.1 Å². The number of rotatable bonds is 4. The summed E-state index contributed by atoms with van der Waals surface area (Å²) in [6.45, 7) is 5.27. The Balaban J connectivity index is 2.01. The van der Waals surface area contributed by atoms with Crippen molar-refractivity contribution in [2.45, 2.75) is 20.4 Å². The van der Waals surface area contributed by atoms with E-state index in [2.05, 4.69) is 10.1 Å². The van der Waals surface area contributed by atoms with Gasteiger partial charge in [0.25, 0.3) is 5.91 Å². The molecule has 2 aromatic heterocycles. The lowest BCUT2D eigenvalue weighted by Gasteiger charge is -2.02. The largest absolute Gasteiger partial charge is 0.494 e. The van der Waals surface area contributed by atoms with Gasteiger partial charge in [0.15, 0.2) is 10.5 Å². The van der Waals surface area contributed by atoms with Gasteiger partial charge in [-0.25, -0.2) is 0 Å². The van der Waals surface area contributed by atoms with Crippen LogP contribution in [0.15, 0.2) is 35.5 Å². The highest BCUT2D eigenvalue weighted by Gasteiger charge is 2.10. The third-order valence-electron chi connectivity index (χ3n) is 3.47. The standard InChI is InChI=1S/C16H18N4O2S/c1-4-20-9-8-12(18-20)15(21)17-16-19(3)13-7-6-11(22-5-2)10-14(13)23-16/h6-10H,4-5H2,1-3H3. The molecule has 2 heterocycles. The topological polar surface area (TPSA) is 61.4 Å². The van der Waals surface area contributed by atoms with Crippen LogP contribution in [0.25, 0.3) is 10.2 Å². The molecule has 0 spiro atoms. The smallest absolute Gasteiger partial charge is 0.300 e. The molecule has 0 saturated carbocycles. The molecule has 1 aromatic carbocycles. The van der Waals surface area contributed by atoms with Crippen LogP contribution in [-0.2, 0) is 13.6 Å². The van der Waals surface area contributed by atoms with Crippen LogP contribution < -0.4 is 9.54 Å². The summed E-state index contributed by atoms with van der Waals surface area (Å²) in [7, 11) is 1.90. The lowest BCUT2D eigenvalue weighted by molar-refractivity contribution is 0.0992. The van der Waals surface area contributed by atoms with E-state index >= 15 is 0 Å². The lowest BCUT2D eigenvalue weighted by atomic mass is 10.3. The van der Waals surface area contributed by atoms with Crippen LogP contribution in [0.3, 0.4) is 0 Å². The van der Waals surface area contributed by atoms with Crippen molar-refractivity contribution in [3.8, 4) is 5.75 Å². The van der Waals surface area contributed by atoms with Crippen molar-refractivity contribution in [2.75, 3.05) is 6.61 Å². The molecule has 23 heavy (non-hydrogen) atoms. The van der Waals surface area contributed by atoms with Gasteiger partial charge in [0.2, 0.25) is 0 Å². The summed E-state index contributed by atoms with van der Waals surface area (Å²) in [5, 5.41) is 4.20. The molecule has 0 bridgehead atoms. The molecule has 120 valence electrons. The summed E-state index contributed by atoms with van der Waals surface area (Å²) in [5.41, 5.74) is 1.38. The highest BCUT2D eigenvalue weighted by atomic mass is 32.1. The minimum absolute atomic E-state index is 0.329. The van der Waals surface area contributed by atoms with Gasteiger partial charge in [-0.2, -0.15) is 10.1 Å². The molecule has 0 fully saturated rings. The van der Waals surface area contributed by atoms with Gasteiger partial charge in [0.05, 0.1) is 16.8 Å². The summed E-state index contributed by atoms with van der Waals surface area (Å²) < 4.78 is 10.2. The Morgan fingerprint density at radius 2 is 2.17 bits per heavy atom. The molecule has 0 aliphatic carbocycles. The molecular weight excluding hydrogens is 312 g/mol. The second-order valence-corrected chi connectivity index (χ2v) is 5.99. The highest BCUT2D eigenvalue weighted by molar-refractivity contribution is 7.16. The second-order valence-electron chi connectivity index (χ2n) is 4.98. The average molecular weight is 330 g/mol. The van der Waals surface area contributed by atoms with Gasteiger partial charge in [0.1, 0.15) is 5.75 Å². The zero-order chi connectivity index (χ0) is 16.4. The Kier molecular flexibility index (Phi) is 4.29. The van der Waals surface area contributed by atoms with E-state index in [0.717, 1.165) is 22.5 Å². The summed E-state index contributed by atoms with van der Waals surface area (Å²) in [5.74, 6) is 0.491. The van der Waals surface area contributed by atoms with E-state index in [1.54, 1.807) is 16.9 Å². The van der Waals surface area contributed by atoms with Gasteiger partial charge in [-0.3, -0.25) is 9.48 Å². The number of fused-ring (bicyclic) bond motifs is 1. The van der Waals surface area contributed by atoms with Gasteiger partial charge in [-0.15, -0.1) is 0 Å². The zero-order valence-electron chi connectivity index (χ0n) is 13.3. The molecule has 6 nitrogen and oxygen atoms in total. The third kappa shape index (κ3) is 3.05. The zero-order valence-corrected chi connectivity index (χ0v) is 14.1. The number of thiazole rings is 1. The number of amides is 1. The maximum Gasteiger partial charge on any atom is 0.300 e. The normalized spacial score (nSPS) is 12.0. The van der Waals surface area contributed by atoms with Crippen LogP contribution in [0.4, 0.5) is 0 Å². The van der Waals surface area contributed by atoms with Crippen molar-refractivity contribution in [3.05, 3.63) is 41.0 Å². The summed E-state index contributed by atoms with van der Waals surface area (Å²) in [6.07, 6.45) is 1.78. The first-order valence-corrected chi connectivity index (χ1v) is 8.29. The molecule has 0 saturated heterocycles. The number of hydrogen-bond donors (Lipinski definition) is 0. The average Bonchev–Trinajstić information content (AvgIpc) is 3.13. The molecular formula is C16H18N4O2S. The Labute approximate surface area is 137 Å². The predicted octanol–water partition coefficient (Wildman–Crippen LogP) is 2.60. The Morgan fingerprint density at radius 1 is 1.35 bits per heavy atom. The Bertz CT molecular complexity index is 920. The van der Waals surface area contributed by atoms with Crippen LogP contribution >= 0.6 is 11.3 Å². The third-order valence-corrected chi connectivity index (χ3v) is 4.57. The molecule has 0 aliphatic rings. The van der Waals surface area contributed by atoms with Gasteiger partial charge < -0.3 is 9.30 Å². The van der Waals surface area contributed by atoms with Crippen LogP contribution in [-0.4, -0.2) is 26.9 Å². The molecule has 3 rings (SSSR count). The van der Waals surface area contributed by atoms with Crippen LogP contribution in [0.1, 0.15) is 24.3 Å². The SMILES string of the molecule is CCOc1ccc2c(c1)sc(=NC(=O)c1ccn(CC)n1)n2C. The quantitative estimate of drug-likeness (QED) is 0.739. The van der Waals surface area contributed by atoms with E-state index in [-0.39, 0.29) is 5.91 Å². The first-order chi connectivity index (χ1) is 11.1. The van der Waals surface area contributed by atoms with Crippen LogP contribution in [0.2, 0.25) is 0 Å². The van der Waals surface area contributed by atoms with E-state index in [9.17, 15) is 4.79 Å². The van der Waals surface area contributed by atoms with Crippen LogP contribution in [0, 0.1) is 0 Å². The number of hydrogen-bond acceptors (Lipinski definition) is 4. The molecule has 3 aromatic rings. The first-order valence-electron chi connectivity index (χ1n) is 7.47. The number of carbonyl (C=O) groups is 1. The molecule has 0 N–H and O–H groups in total. The van der Waals surface area contributed by atoms with Gasteiger partial charge in [-0.1, -0.05) is 11.3 Å². The molecule has 0 radical (unpaired) electrons. The number of benzene rings is 1. The fraction of sp³-hybridized carbons (Fsp3) is 0.312. The van der Waals surface area contributed by atoms with Crippen molar-refractivity contribution >= 4 is 27.5 Å². The lowest BCUT2D eigenvalue weighted by Crippen LogP contribution is -2.13. The monoisotopic (exact) mass is 330 g/mol. The summed E-state index contributed by atoms with van der Waals surface area (Å²) in [6, 6.07) is 7.56. The maximum absolute atomic E-state index is 12.3. The molecule has 0 atom stereocenters. The predicted molar refractivity (Wildman–Crippen MR) is 89.8 cm³/mol. The van der Waals surface area contributed by atoms with E-state index in [1.165, 1.54) is 11.3 Å². The fourth-order valence-electron chi connectivity index (χ4n) is 2.27. The van der Waals surface area contributed by atoms with Gasteiger partial charge in [0, 0.05) is 19.8 Å². The molecule has 1 amide bonds. The fourth-order valence-corrected chi connectivity index (χ4v) is 3.32. The number of nitrogens with zero attached hydrogens (tertiary/aromatic N) is 4. The van der Waals surface area contributed by atoms with Crippen molar-refractivity contribution in [2.24, 2.45) is 12.0 Å². The number of ether oxygens (including phenoxy) is 1. The molecule has 7 heteroatoms. The minimum Gasteiger partial charge on any atom is -0.494 e. The van der Waals surface area contributed by atoms with Crippen LogP contribution in [0.5, 0.6) is 5.75 Å². The van der Waals surface area contributed by atoms with Gasteiger partial charge >= 0.3 is 0 Å². The van der Waals surface area contributed by atoms with Crippen molar-refractivity contribution in [3.63, 3.8) is 0 Å². The van der Waals surface area contributed by atoms with Crippen molar-refractivity contribution in [1.29, 1.82) is 0 Å². The summed E-state index contributed by atoms with van der Waals surface area (Å²) in [4.78, 5) is 17.1. The van der Waals surface area contributed by atoms with E-state index < -0.39 is 0 Å². The molecule has 0 unspecified atom stereocenters. The molecule has 0 aliphatic heterocycles. The number of aryl methyl sites for hydroxylation is 2. The van der Waals surface area contributed by atoms with E-state index in [4.69, 9.17) is 4.74 Å². The first kappa shape index (κ1) is 15.5. The van der Waals surface area contributed by atoms with Crippen molar-refractivity contribution in [1.82, 2.24) is 14.3 Å². The minimum atomic E-state index is -0.329. The number of carbonyl (C=O) groups excluding carboxylic acids is 1. The number of aromatic nitrogens is 3. The highest BCUT2D eigenvalue weighted by Crippen LogP contribution is 2.22. The van der Waals surface area contributed by atoms with Gasteiger partial charge in [-0.05, 0) is 38.1 Å². The maximum atomic E-state index is 12.3. The Hall–Kier alpha value is -2.41. The Morgan fingerprint density at radius 3 is 2.87 bits per heavy atom. The van der Waals surface area contributed by atoms with E-state index in [1.807, 2.05) is 43.7 Å². The summed E-state index contributed by atoms with van der Waals surface area (Å²) >= 11 is 1.46. The van der Waals surface area contributed by atoms with Crippen molar-refractivity contribution < 1.29 is 9.53 Å².